The molecule has 7 nitrogen and oxygen atoms in total. The molecule has 0 aliphatic carbocycles. The molecule has 0 aliphatic heterocycles. The van der Waals surface area contributed by atoms with E-state index < -0.39 is 4.92 Å². The number of nitrogens with one attached hydrogen (secondary N) is 1. The van der Waals surface area contributed by atoms with Gasteiger partial charge in [0.25, 0.3) is 5.69 Å². The Morgan fingerprint density at radius 3 is 2.07 bits per heavy atom. The lowest BCUT2D eigenvalue weighted by Gasteiger charge is -1.89. The first-order chi connectivity index (χ1) is 7.15. The second kappa shape index (κ2) is 6.85. The number of benzene rings is 1. The molecule has 0 aromatic heterocycles. The molecule has 0 aliphatic rings. The van der Waals surface area contributed by atoms with Gasteiger partial charge >= 0.3 is 0 Å². The van der Waals surface area contributed by atoms with Crippen molar-refractivity contribution in [1.82, 2.24) is 0 Å². The zero-order valence-corrected chi connectivity index (χ0v) is 7.34. The van der Waals surface area contributed by atoms with Crippen LogP contribution in [0.25, 0.3) is 0 Å². The highest BCUT2D eigenvalue weighted by Gasteiger charge is 2.02. The lowest BCUT2D eigenvalue weighted by Crippen LogP contribution is -1.85. The Bertz CT molecular complexity index is 393. The number of carbonyl (C=O) groups excluding carboxylic acids is 2. The van der Waals surface area contributed by atoms with Crippen molar-refractivity contribution in [2.75, 3.05) is 0 Å². The second-order valence-corrected chi connectivity index (χ2v) is 2.08. The van der Waals surface area contributed by atoms with Gasteiger partial charge in [-0.1, -0.05) is 0 Å². The summed E-state index contributed by atoms with van der Waals surface area (Å²) in [7, 11) is 0. The van der Waals surface area contributed by atoms with Crippen LogP contribution in [0.5, 0.6) is 0 Å². The standard InChI is InChI=1S/C7H4N2O3.CHNO/c10-5-8-6-1-3-7(4-2-6)9(11)12;2-1-3/h1-4H;2H. The summed E-state index contributed by atoms with van der Waals surface area (Å²) in [4.78, 5) is 31.0. The van der Waals surface area contributed by atoms with E-state index in [1.165, 1.54) is 30.3 Å². The monoisotopic (exact) mass is 207 g/mol. The molecule has 0 saturated carbocycles. The minimum absolute atomic E-state index is 0.0279. The minimum Gasteiger partial charge on any atom is -0.258 e. The van der Waals surface area contributed by atoms with Gasteiger partial charge in [-0.2, -0.15) is 4.99 Å². The predicted molar refractivity (Wildman–Crippen MR) is 49.3 cm³/mol. The number of rotatable bonds is 2. The molecule has 0 unspecified atom stereocenters. The molecule has 0 amide bonds. The number of nitrogens with zero attached hydrogens (tertiary/aromatic N) is 2. The van der Waals surface area contributed by atoms with Gasteiger partial charge in [0.15, 0.2) is 0 Å². The van der Waals surface area contributed by atoms with Crippen LogP contribution in [0.1, 0.15) is 0 Å². The van der Waals surface area contributed by atoms with Crippen LogP contribution in [-0.4, -0.2) is 17.1 Å². The number of aliphatic imine (C=N–C) groups is 1. The third-order valence-corrected chi connectivity index (χ3v) is 1.24. The first kappa shape index (κ1) is 12.4. The van der Waals surface area contributed by atoms with Crippen LogP contribution >= 0.6 is 0 Å². The second-order valence-electron chi connectivity index (χ2n) is 2.08. The summed E-state index contributed by atoms with van der Waals surface area (Å²) >= 11 is 0. The molecule has 0 saturated heterocycles. The van der Waals surface area contributed by atoms with Crippen molar-refractivity contribution in [1.29, 1.82) is 5.41 Å². The van der Waals surface area contributed by atoms with Crippen LogP contribution in [0, 0.1) is 15.5 Å². The average Bonchev–Trinajstić information content (AvgIpc) is 2.20. The Labute approximate surface area is 83.7 Å². The number of hydrogen-bond donors (Lipinski definition) is 1. The van der Waals surface area contributed by atoms with Crippen molar-refractivity contribution in [3.05, 3.63) is 34.4 Å². The molecule has 15 heavy (non-hydrogen) atoms. The molecule has 1 rings (SSSR count). The molecule has 0 radical (unpaired) electrons. The normalized spacial score (nSPS) is 7.47. The fraction of sp³-hybridized carbons (Fsp3) is 0. The molecule has 0 fully saturated rings. The van der Waals surface area contributed by atoms with Crippen LogP contribution in [0.3, 0.4) is 0 Å². The maximum atomic E-state index is 10.2. The quantitative estimate of drug-likeness (QED) is 0.342. The Hall–Kier alpha value is -2.62. The van der Waals surface area contributed by atoms with Crippen molar-refractivity contribution >= 4 is 23.5 Å². The van der Waals surface area contributed by atoms with Crippen LogP contribution in [-0.2, 0) is 9.59 Å². The number of nitro groups is 1. The van der Waals surface area contributed by atoms with Crippen molar-refractivity contribution < 1.29 is 14.5 Å². The van der Waals surface area contributed by atoms with Crippen molar-refractivity contribution in [2.24, 2.45) is 4.99 Å². The lowest BCUT2D eigenvalue weighted by atomic mass is 10.3. The summed E-state index contributed by atoms with van der Waals surface area (Å²) in [5.41, 5.74) is 0.329. The van der Waals surface area contributed by atoms with E-state index in [1.54, 1.807) is 0 Å². The molecule has 1 aromatic rings. The highest BCUT2D eigenvalue weighted by Crippen LogP contribution is 2.16. The van der Waals surface area contributed by atoms with Gasteiger partial charge in [-0.25, -0.2) is 15.0 Å². The Kier molecular flexibility index (Phi) is 5.65. The zero-order valence-electron chi connectivity index (χ0n) is 7.34. The topological polar surface area (TPSA) is 113 Å². The van der Waals surface area contributed by atoms with Gasteiger partial charge in [-0.3, -0.25) is 10.1 Å². The summed E-state index contributed by atoms with van der Waals surface area (Å²) in [6.07, 6.45) is 2.09. The molecule has 1 aromatic carbocycles. The van der Waals surface area contributed by atoms with Crippen molar-refractivity contribution in [3.63, 3.8) is 0 Å². The third-order valence-electron chi connectivity index (χ3n) is 1.24. The molecular formula is C8H5N3O4. The van der Waals surface area contributed by atoms with E-state index in [-0.39, 0.29) is 5.69 Å². The highest BCUT2D eigenvalue weighted by atomic mass is 16.6. The van der Waals surface area contributed by atoms with Gasteiger partial charge in [0.05, 0.1) is 10.6 Å². The Morgan fingerprint density at radius 1 is 1.27 bits per heavy atom. The third kappa shape index (κ3) is 4.84. The molecule has 0 heterocycles. The molecule has 1 N–H and O–H groups in total. The minimum atomic E-state index is -0.519. The van der Waals surface area contributed by atoms with Gasteiger partial charge < -0.3 is 0 Å². The fourth-order valence-corrected chi connectivity index (χ4v) is 0.702. The van der Waals surface area contributed by atoms with Gasteiger partial charge in [0.1, 0.15) is 0 Å². The van der Waals surface area contributed by atoms with Gasteiger partial charge in [0.2, 0.25) is 12.2 Å². The molecule has 7 heteroatoms. The maximum Gasteiger partial charge on any atom is 0.269 e. The number of hydrogen-bond acceptors (Lipinski definition) is 6. The summed E-state index contributed by atoms with van der Waals surface area (Å²) < 4.78 is 0. The van der Waals surface area contributed by atoms with E-state index in [9.17, 15) is 14.9 Å². The van der Waals surface area contributed by atoms with E-state index in [2.05, 4.69) is 4.99 Å². The van der Waals surface area contributed by atoms with Crippen LogP contribution in [0.15, 0.2) is 29.3 Å². The van der Waals surface area contributed by atoms with E-state index in [4.69, 9.17) is 10.2 Å². The Balaban J connectivity index is 0.000000583. The lowest BCUT2D eigenvalue weighted by molar-refractivity contribution is -0.384. The van der Waals surface area contributed by atoms with Crippen LogP contribution in [0.4, 0.5) is 11.4 Å². The van der Waals surface area contributed by atoms with Crippen LogP contribution in [0.2, 0.25) is 0 Å². The van der Waals surface area contributed by atoms with Gasteiger partial charge in [-0.05, 0) is 12.1 Å². The number of nitro benzene ring substituents is 1. The van der Waals surface area contributed by atoms with E-state index in [0.29, 0.717) is 5.69 Å². The molecule has 0 atom stereocenters. The SMILES string of the molecule is N=C=O.O=C=Nc1ccc([N+](=O)[O-])cc1. The molecule has 0 spiro atoms. The first-order valence-electron chi connectivity index (χ1n) is 3.52. The molecule has 0 bridgehead atoms. The fourth-order valence-electron chi connectivity index (χ4n) is 0.702. The summed E-state index contributed by atoms with van der Waals surface area (Å²) in [5, 5.41) is 15.6. The first-order valence-corrected chi connectivity index (χ1v) is 3.52. The maximum absolute atomic E-state index is 10.2. The average molecular weight is 207 g/mol. The summed E-state index contributed by atoms with van der Waals surface area (Å²) in [5.74, 6) is 0. The van der Waals surface area contributed by atoms with Gasteiger partial charge in [-0.15, -0.1) is 0 Å². The Morgan fingerprint density at radius 2 is 1.73 bits per heavy atom. The summed E-state index contributed by atoms with van der Waals surface area (Å²) in [6.45, 7) is 0. The van der Waals surface area contributed by atoms with E-state index in [1.807, 2.05) is 0 Å². The van der Waals surface area contributed by atoms with E-state index in [0.717, 1.165) is 6.08 Å². The summed E-state index contributed by atoms with van der Waals surface area (Å²) in [6, 6.07) is 5.30. The highest BCUT2D eigenvalue weighted by molar-refractivity contribution is 5.51. The largest absolute Gasteiger partial charge is 0.269 e. The van der Waals surface area contributed by atoms with Crippen LogP contribution < -0.4 is 0 Å². The van der Waals surface area contributed by atoms with Crippen molar-refractivity contribution in [3.8, 4) is 0 Å². The van der Waals surface area contributed by atoms with E-state index >= 15 is 0 Å². The van der Waals surface area contributed by atoms with Gasteiger partial charge in [0, 0.05) is 12.1 Å². The number of non-ortho nitro benzene ring substituents is 1. The zero-order chi connectivity index (χ0) is 11.7. The molecular weight excluding hydrogens is 202 g/mol. The number of isocyanates is 2. The predicted octanol–water partition coefficient (Wildman–Crippen LogP) is 1.46. The molecule has 76 valence electrons. The van der Waals surface area contributed by atoms with Crippen molar-refractivity contribution in [2.45, 2.75) is 0 Å². The smallest absolute Gasteiger partial charge is 0.258 e.